The molecule has 120 valence electrons. The molecule has 0 spiro atoms. The van der Waals surface area contributed by atoms with Crippen LogP contribution in [0.15, 0.2) is 35.5 Å². The number of benzene rings is 1. The second kappa shape index (κ2) is 6.71. The van der Waals surface area contributed by atoms with E-state index in [1.165, 1.54) is 17.3 Å². The molecule has 0 saturated heterocycles. The van der Waals surface area contributed by atoms with Crippen LogP contribution >= 0.6 is 11.8 Å². The smallest absolute Gasteiger partial charge is 0.237 e. The van der Waals surface area contributed by atoms with Crippen LogP contribution in [0.3, 0.4) is 0 Å². The van der Waals surface area contributed by atoms with Crippen molar-refractivity contribution < 1.29 is 4.79 Å². The SMILES string of the molecule is Cc1cc(C)nc(SCC(=O)N2c3ccccc3CCC2C)n1. The first-order valence-electron chi connectivity index (χ1n) is 7.89. The molecule has 0 radical (unpaired) electrons. The molecule has 0 aliphatic carbocycles. The average Bonchev–Trinajstić information content (AvgIpc) is 2.51. The molecule has 3 rings (SSSR count). The van der Waals surface area contributed by atoms with Crippen LogP contribution in [0.5, 0.6) is 0 Å². The fourth-order valence-corrected chi connectivity index (χ4v) is 3.83. The van der Waals surface area contributed by atoms with Crippen LogP contribution in [0, 0.1) is 13.8 Å². The molecule has 1 unspecified atom stereocenters. The third-order valence-electron chi connectivity index (χ3n) is 4.08. The van der Waals surface area contributed by atoms with Crippen molar-refractivity contribution in [3.05, 3.63) is 47.3 Å². The van der Waals surface area contributed by atoms with Gasteiger partial charge < -0.3 is 4.90 Å². The third kappa shape index (κ3) is 3.55. The van der Waals surface area contributed by atoms with E-state index in [-0.39, 0.29) is 11.9 Å². The first-order valence-corrected chi connectivity index (χ1v) is 8.88. The molecule has 1 atom stereocenters. The number of aromatic nitrogens is 2. The summed E-state index contributed by atoms with van der Waals surface area (Å²) in [6, 6.07) is 10.4. The zero-order valence-corrected chi connectivity index (χ0v) is 14.6. The Kier molecular flexibility index (Phi) is 4.66. The fraction of sp³-hybridized carbons (Fsp3) is 0.389. The van der Waals surface area contributed by atoms with E-state index in [9.17, 15) is 4.79 Å². The van der Waals surface area contributed by atoms with E-state index >= 15 is 0 Å². The Morgan fingerprint density at radius 1 is 1.26 bits per heavy atom. The molecular weight excluding hydrogens is 306 g/mol. The lowest BCUT2D eigenvalue weighted by atomic mass is 9.97. The van der Waals surface area contributed by atoms with Crippen molar-refractivity contribution in [2.45, 2.75) is 44.8 Å². The minimum absolute atomic E-state index is 0.123. The number of fused-ring (bicyclic) bond motifs is 1. The molecule has 2 heterocycles. The van der Waals surface area contributed by atoms with Crippen molar-refractivity contribution in [1.29, 1.82) is 0 Å². The van der Waals surface area contributed by atoms with Gasteiger partial charge in [-0.1, -0.05) is 30.0 Å². The van der Waals surface area contributed by atoms with Crippen molar-refractivity contribution in [2.75, 3.05) is 10.7 Å². The van der Waals surface area contributed by atoms with Gasteiger partial charge in [-0.3, -0.25) is 4.79 Å². The summed E-state index contributed by atoms with van der Waals surface area (Å²) < 4.78 is 0. The predicted octanol–water partition coefficient (Wildman–Crippen LogP) is 3.55. The highest BCUT2D eigenvalue weighted by molar-refractivity contribution is 7.99. The maximum absolute atomic E-state index is 12.8. The molecule has 0 bridgehead atoms. The van der Waals surface area contributed by atoms with E-state index in [0.29, 0.717) is 10.9 Å². The maximum Gasteiger partial charge on any atom is 0.237 e. The van der Waals surface area contributed by atoms with Gasteiger partial charge in [0, 0.05) is 23.1 Å². The van der Waals surface area contributed by atoms with Crippen molar-refractivity contribution in [3.8, 4) is 0 Å². The Balaban J connectivity index is 1.75. The van der Waals surface area contributed by atoms with Crippen LogP contribution in [-0.2, 0) is 11.2 Å². The Labute approximate surface area is 141 Å². The minimum Gasteiger partial charge on any atom is -0.309 e. The Hall–Kier alpha value is -1.88. The maximum atomic E-state index is 12.8. The van der Waals surface area contributed by atoms with E-state index < -0.39 is 0 Å². The Morgan fingerprint density at radius 3 is 2.70 bits per heavy atom. The number of thioether (sulfide) groups is 1. The predicted molar refractivity (Wildman–Crippen MR) is 93.9 cm³/mol. The van der Waals surface area contributed by atoms with Gasteiger partial charge in [0.1, 0.15) is 0 Å². The standard InChI is InChI=1S/C18H21N3OS/c1-12-10-13(2)20-18(19-12)23-11-17(22)21-14(3)8-9-15-6-4-5-7-16(15)21/h4-7,10,14H,8-9,11H2,1-3H3. The number of para-hydroxylation sites is 1. The summed E-state index contributed by atoms with van der Waals surface area (Å²) in [6.07, 6.45) is 2.04. The molecule has 0 saturated carbocycles. The van der Waals surface area contributed by atoms with Crippen LogP contribution in [-0.4, -0.2) is 27.7 Å². The van der Waals surface area contributed by atoms with Gasteiger partial charge in [0.05, 0.1) is 5.75 Å². The third-order valence-corrected chi connectivity index (χ3v) is 4.91. The second-order valence-electron chi connectivity index (χ2n) is 6.00. The summed E-state index contributed by atoms with van der Waals surface area (Å²) in [5.74, 6) is 0.485. The van der Waals surface area contributed by atoms with Crippen molar-refractivity contribution in [3.63, 3.8) is 0 Å². The first-order chi connectivity index (χ1) is 11.0. The lowest BCUT2D eigenvalue weighted by Crippen LogP contribution is -2.43. The summed E-state index contributed by atoms with van der Waals surface area (Å²) in [4.78, 5) is 23.5. The average molecular weight is 327 g/mol. The van der Waals surface area contributed by atoms with Gasteiger partial charge in [-0.2, -0.15) is 0 Å². The van der Waals surface area contributed by atoms with Crippen molar-refractivity contribution in [1.82, 2.24) is 9.97 Å². The lowest BCUT2D eigenvalue weighted by molar-refractivity contribution is -0.116. The molecule has 0 N–H and O–H groups in total. The highest BCUT2D eigenvalue weighted by Crippen LogP contribution is 2.31. The number of rotatable bonds is 3. The zero-order valence-electron chi connectivity index (χ0n) is 13.7. The van der Waals surface area contributed by atoms with Crippen molar-refractivity contribution in [2.24, 2.45) is 0 Å². The number of hydrogen-bond acceptors (Lipinski definition) is 4. The quantitative estimate of drug-likeness (QED) is 0.639. The van der Waals surface area contributed by atoms with Crippen LogP contribution < -0.4 is 4.90 Å². The highest BCUT2D eigenvalue weighted by atomic mass is 32.2. The summed E-state index contributed by atoms with van der Waals surface area (Å²) in [7, 11) is 0. The molecule has 23 heavy (non-hydrogen) atoms. The summed E-state index contributed by atoms with van der Waals surface area (Å²) in [5, 5.41) is 0.675. The van der Waals surface area contributed by atoms with Crippen LogP contribution in [0.4, 0.5) is 5.69 Å². The second-order valence-corrected chi connectivity index (χ2v) is 6.94. The number of nitrogens with zero attached hydrogens (tertiary/aromatic N) is 3. The molecule has 2 aromatic rings. The molecular formula is C18H21N3OS. The summed E-state index contributed by atoms with van der Waals surface area (Å²) >= 11 is 1.41. The molecule has 5 heteroatoms. The molecule has 0 fully saturated rings. The van der Waals surface area contributed by atoms with Gasteiger partial charge in [0.25, 0.3) is 0 Å². The van der Waals surface area contributed by atoms with E-state index in [1.807, 2.05) is 43.0 Å². The van der Waals surface area contributed by atoms with Crippen LogP contribution in [0.1, 0.15) is 30.3 Å². The van der Waals surface area contributed by atoms with Gasteiger partial charge in [-0.05, 0) is 51.3 Å². The number of carbonyl (C=O) groups is 1. The van der Waals surface area contributed by atoms with Gasteiger partial charge >= 0.3 is 0 Å². The largest absolute Gasteiger partial charge is 0.309 e. The molecule has 1 amide bonds. The minimum atomic E-state index is 0.123. The number of aryl methyl sites for hydroxylation is 3. The van der Waals surface area contributed by atoms with E-state index in [4.69, 9.17) is 0 Å². The number of carbonyl (C=O) groups excluding carboxylic acids is 1. The highest BCUT2D eigenvalue weighted by Gasteiger charge is 2.27. The topological polar surface area (TPSA) is 46.1 Å². The zero-order chi connectivity index (χ0) is 16.4. The monoisotopic (exact) mass is 327 g/mol. The molecule has 1 aliphatic heterocycles. The Morgan fingerprint density at radius 2 is 1.96 bits per heavy atom. The van der Waals surface area contributed by atoms with E-state index in [0.717, 1.165) is 29.9 Å². The number of anilines is 1. The van der Waals surface area contributed by atoms with Gasteiger partial charge in [0.15, 0.2) is 5.16 Å². The van der Waals surface area contributed by atoms with E-state index in [2.05, 4.69) is 23.0 Å². The van der Waals surface area contributed by atoms with Crippen LogP contribution in [0.2, 0.25) is 0 Å². The van der Waals surface area contributed by atoms with Gasteiger partial charge in [0.2, 0.25) is 5.91 Å². The Bertz CT molecular complexity index is 712. The number of amides is 1. The van der Waals surface area contributed by atoms with Crippen LogP contribution in [0.25, 0.3) is 0 Å². The molecule has 4 nitrogen and oxygen atoms in total. The molecule has 1 aromatic carbocycles. The van der Waals surface area contributed by atoms with Crippen molar-refractivity contribution >= 4 is 23.4 Å². The molecule has 1 aliphatic rings. The summed E-state index contributed by atoms with van der Waals surface area (Å²) in [6.45, 7) is 6.01. The van der Waals surface area contributed by atoms with Gasteiger partial charge in [-0.15, -0.1) is 0 Å². The number of hydrogen-bond donors (Lipinski definition) is 0. The summed E-state index contributed by atoms with van der Waals surface area (Å²) in [5.41, 5.74) is 4.18. The normalized spacial score (nSPS) is 17.0. The lowest BCUT2D eigenvalue weighted by Gasteiger charge is -2.35. The molecule has 1 aromatic heterocycles. The van der Waals surface area contributed by atoms with E-state index in [1.54, 1.807) is 0 Å². The first kappa shape index (κ1) is 16.0. The van der Waals surface area contributed by atoms with Gasteiger partial charge in [-0.25, -0.2) is 9.97 Å². The fourth-order valence-electron chi connectivity index (χ4n) is 3.02.